The molecule has 0 radical (unpaired) electrons. The van der Waals surface area contributed by atoms with Crippen LogP contribution in [0.15, 0.2) is 4.79 Å². The number of hydrogen-bond acceptors (Lipinski definition) is 5. The number of fused-ring (bicyclic) bond motifs is 2. The number of aryl methyl sites for hydroxylation is 2. The monoisotopic (exact) mass is 396 g/mol. The summed E-state index contributed by atoms with van der Waals surface area (Å²) < 4.78 is 1.83. The van der Waals surface area contributed by atoms with Gasteiger partial charge in [-0.3, -0.25) is 14.2 Å². The van der Waals surface area contributed by atoms with Gasteiger partial charge in [0.25, 0.3) is 11.5 Å². The molecule has 6 nitrogen and oxygen atoms in total. The highest BCUT2D eigenvalue weighted by atomic mass is 35.5. The van der Waals surface area contributed by atoms with Gasteiger partial charge in [0.15, 0.2) is 0 Å². The summed E-state index contributed by atoms with van der Waals surface area (Å²) in [7, 11) is 0. The summed E-state index contributed by atoms with van der Waals surface area (Å²) in [5.41, 5.74) is 0.829. The highest BCUT2D eigenvalue weighted by Crippen LogP contribution is 2.30. The zero-order valence-electron chi connectivity index (χ0n) is 15.2. The molecule has 26 heavy (non-hydrogen) atoms. The fourth-order valence-corrected chi connectivity index (χ4v) is 5.03. The van der Waals surface area contributed by atoms with E-state index in [1.165, 1.54) is 11.3 Å². The van der Waals surface area contributed by atoms with Crippen LogP contribution in [-0.4, -0.2) is 46.0 Å². The number of aromatic nitrogens is 2. The van der Waals surface area contributed by atoms with E-state index < -0.39 is 0 Å². The summed E-state index contributed by atoms with van der Waals surface area (Å²) >= 11 is 1.39. The maximum Gasteiger partial charge on any atom is 0.264 e. The summed E-state index contributed by atoms with van der Waals surface area (Å²) in [6, 6.07) is 0.164. The zero-order chi connectivity index (χ0) is 17.6. The third-order valence-electron chi connectivity index (χ3n) is 5.37. The second-order valence-corrected chi connectivity index (χ2v) is 8.08. The molecule has 2 aliphatic rings. The van der Waals surface area contributed by atoms with Gasteiger partial charge in [-0.15, -0.1) is 23.7 Å². The molecule has 0 aromatic carbocycles. The first-order valence-electron chi connectivity index (χ1n) is 9.12. The molecule has 2 aromatic heterocycles. The molecular formula is C18H25ClN4O2S. The molecule has 4 rings (SSSR count). The molecule has 8 heteroatoms. The molecule has 2 aliphatic heterocycles. The third-order valence-corrected chi connectivity index (χ3v) is 6.54. The van der Waals surface area contributed by atoms with E-state index in [0.717, 1.165) is 61.5 Å². The van der Waals surface area contributed by atoms with Gasteiger partial charge in [-0.2, -0.15) is 0 Å². The first-order chi connectivity index (χ1) is 12.1. The second kappa shape index (κ2) is 7.66. The summed E-state index contributed by atoms with van der Waals surface area (Å²) in [6.07, 6.45) is 4.08. The minimum Gasteiger partial charge on any atom is -0.333 e. The quantitative estimate of drug-likeness (QED) is 0.803. The summed E-state index contributed by atoms with van der Waals surface area (Å²) in [5, 5.41) is 3.95. The summed E-state index contributed by atoms with van der Waals surface area (Å²) in [5.74, 6) is 0.917. The SMILES string of the molecule is Cc1c(C(=O)N2CCNCC2C)sc2nc3n(c(=O)c12)CCCCC3.Cl. The Hall–Kier alpha value is -1.44. The molecule has 2 aromatic rings. The minimum atomic E-state index is 0. The van der Waals surface area contributed by atoms with Crippen molar-refractivity contribution in [2.24, 2.45) is 0 Å². The fourth-order valence-electron chi connectivity index (χ4n) is 3.89. The Labute approximate surface area is 163 Å². The fraction of sp³-hybridized carbons (Fsp3) is 0.611. The van der Waals surface area contributed by atoms with Crippen LogP contribution in [0.1, 0.15) is 47.2 Å². The lowest BCUT2D eigenvalue weighted by atomic mass is 10.1. The van der Waals surface area contributed by atoms with E-state index in [9.17, 15) is 9.59 Å². The van der Waals surface area contributed by atoms with Gasteiger partial charge in [-0.25, -0.2) is 4.98 Å². The Morgan fingerprint density at radius 3 is 2.85 bits per heavy atom. The number of carbonyl (C=O) groups is 1. The largest absolute Gasteiger partial charge is 0.333 e. The van der Waals surface area contributed by atoms with Crippen molar-refractivity contribution in [2.75, 3.05) is 19.6 Å². The second-order valence-electron chi connectivity index (χ2n) is 7.08. The van der Waals surface area contributed by atoms with Gasteiger partial charge in [0, 0.05) is 38.6 Å². The van der Waals surface area contributed by atoms with Crippen LogP contribution in [0.25, 0.3) is 10.2 Å². The van der Waals surface area contributed by atoms with Crippen LogP contribution < -0.4 is 10.9 Å². The third kappa shape index (κ3) is 3.17. The number of halogens is 1. The molecule has 1 saturated heterocycles. The van der Waals surface area contributed by atoms with Crippen LogP contribution in [0, 0.1) is 6.92 Å². The average molecular weight is 397 g/mol. The predicted molar refractivity (Wildman–Crippen MR) is 107 cm³/mol. The van der Waals surface area contributed by atoms with Gasteiger partial charge < -0.3 is 10.2 Å². The van der Waals surface area contributed by atoms with Gasteiger partial charge in [0.05, 0.1) is 10.3 Å². The molecule has 0 spiro atoms. The number of amides is 1. The van der Waals surface area contributed by atoms with Crippen molar-refractivity contribution in [3.63, 3.8) is 0 Å². The Balaban J connectivity index is 0.00000196. The van der Waals surface area contributed by atoms with E-state index in [4.69, 9.17) is 4.98 Å². The van der Waals surface area contributed by atoms with Crippen LogP contribution in [-0.2, 0) is 13.0 Å². The minimum absolute atomic E-state index is 0. The molecular weight excluding hydrogens is 372 g/mol. The Morgan fingerprint density at radius 1 is 1.27 bits per heavy atom. The van der Waals surface area contributed by atoms with Crippen molar-refractivity contribution in [3.8, 4) is 0 Å². The number of thiophene rings is 1. The van der Waals surface area contributed by atoms with Crippen molar-refractivity contribution in [2.45, 2.75) is 52.1 Å². The maximum atomic E-state index is 13.1. The van der Waals surface area contributed by atoms with E-state index in [2.05, 4.69) is 12.2 Å². The molecule has 1 amide bonds. The van der Waals surface area contributed by atoms with Crippen molar-refractivity contribution in [1.29, 1.82) is 0 Å². The standard InChI is InChI=1S/C18H24N4O2S.ClH/c1-11-10-19-7-9-21(11)18(24)15-12(2)14-16(25-15)20-13-6-4-3-5-8-22(13)17(14)23;/h11,19H,3-10H2,1-2H3;1H. The number of carbonyl (C=O) groups excluding carboxylic acids is 1. The van der Waals surface area contributed by atoms with Crippen molar-refractivity contribution < 1.29 is 4.79 Å². The lowest BCUT2D eigenvalue weighted by molar-refractivity contribution is 0.0660. The van der Waals surface area contributed by atoms with Gasteiger partial charge >= 0.3 is 0 Å². The first kappa shape index (κ1) is 19.3. The van der Waals surface area contributed by atoms with Gasteiger partial charge in [0.2, 0.25) is 0 Å². The van der Waals surface area contributed by atoms with E-state index in [-0.39, 0.29) is 29.9 Å². The summed E-state index contributed by atoms with van der Waals surface area (Å²) in [6.45, 7) is 7.02. The number of rotatable bonds is 1. The predicted octanol–water partition coefficient (Wildman–Crippen LogP) is 2.35. The maximum absolute atomic E-state index is 13.1. The van der Waals surface area contributed by atoms with Crippen LogP contribution in [0.2, 0.25) is 0 Å². The number of nitrogens with zero attached hydrogens (tertiary/aromatic N) is 3. The molecule has 0 bridgehead atoms. The van der Waals surface area contributed by atoms with Crippen molar-refractivity contribution >= 4 is 39.9 Å². The molecule has 1 atom stereocenters. The molecule has 0 aliphatic carbocycles. The lowest BCUT2D eigenvalue weighted by Crippen LogP contribution is -2.52. The van der Waals surface area contributed by atoms with Gasteiger partial charge in [0.1, 0.15) is 10.7 Å². The van der Waals surface area contributed by atoms with Crippen molar-refractivity contribution in [3.05, 3.63) is 26.6 Å². The van der Waals surface area contributed by atoms with E-state index in [1.54, 1.807) is 0 Å². The van der Waals surface area contributed by atoms with Crippen LogP contribution >= 0.6 is 23.7 Å². The Bertz CT molecular complexity index is 891. The Kier molecular flexibility index (Phi) is 5.69. The van der Waals surface area contributed by atoms with E-state index in [1.807, 2.05) is 16.4 Å². The van der Waals surface area contributed by atoms with E-state index >= 15 is 0 Å². The Morgan fingerprint density at radius 2 is 2.08 bits per heavy atom. The number of nitrogens with one attached hydrogen (secondary N) is 1. The molecule has 1 fully saturated rings. The number of piperazine rings is 1. The van der Waals surface area contributed by atoms with Crippen LogP contribution in [0.3, 0.4) is 0 Å². The normalized spacial score (nSPS) is 20.4. The number of hydrogen-bond donors (Lipinski definition) is 1. The first-order valence-corrected chi connectivity index (χ1v) is 9.94. The highest BCUT2D eigenvalue weighted by molar-refractivity contribution is 7.20. The molecule has 0 saturated carbocycles. The molecule has 1 unspecified atom stereocenters. The molecule has 1 N–H and O–H groups in total. The van der Waals surface area contributed by atoms with E-state index in [0.29, 0.717) is 16.8 Å². The highest BCUT2D eigenvalue weighted by Gasteiger charge is 2.28. The van der Waals surface area contributed by atoms with Gasteiger partial charge in [-0.05, 0) is 32.3 Å². The average Bonchev–Trinajstić information content (AvgIpc) is 2.78. The summed E-state index contributed by atoms with van der Waals surface area (Å²) in [4.78, 5) is 34.2. The van der Waals surface area contributed by atoms with Crippen molar-refractivity contribution in [1.82, 2.24) is 19.8 Å². The van der Waals surface area contributed by atoms with Gasteiger partial charge in [-0.1, -0.05) is 6.42 Å². The molecule has 142 valence electrons. The van der Waals surface area contributed by atoms with Crippen LogP contribution in [0.4, 0.5) is 0 Å². The lowest BCUT2D eigenvalue weighted by Gasteiger charge is -2.33. The zero-order valence-corrected chi connectivity index (χ0v) is 16.8. The smallest absolute Gasteiger partial charge is 0.264 e. The topological polar surface area (TPSA) is 67.2 Å². The van der Waals surface area contributed by atoms with Crippen LogP contribution in [0.5, 0.6) is 0 Å². The molecule has 4 heterocycles.